The predicted octanol–water partition coefficient (Wildman–Crippen LogP) is 3.50. The van der Waals surface area contributed by atoms with Crippen LogP contribution in [0.3, 0.4) is 0 Å². The van der Waals surface area contributed by atoms with E-state index in [1.807, 2.05) is 37.3 Å². The molecule has 0 fully saturated rings. The smallest absolute Gasteiger partial charge is 0.130 e. The third-order valence-electron chi connectivity index (χ3n) is 2.63. The average Bonchev–Trinajstić information content (AvgIpc) is 2.27. The van der Waals surface area contributed by atoms with Gasteiger partial charge in [-0.1, -0.05) is 42.0 Å². The van der Waals surface area contributed by atoms with Gasteiger partial charge in [0.05, 0.1) is 5.41 Å². The molecule has 0 heterocycles. The molecule has 0 N–H and O–H groups in total. The molecule has 0 amide bonds. The van der Waals surface area contributed by atoms with Crippen LogP contribution in [0.15, 0.2) is 42.0 Å². The molecule has 0 saturated carbocycles. The molecule has 0 saturated heterocycles. The molecule has 1 aromatic rings. The maximum atomic E-state index is 11.2. The fraction of sp³-hybridized carbons (Fsp3) is 0.357. The number of carbonyl (C=O) groups excluding carboxylic acids is 1. The van der Waals surface area contributed by atoms with E-state index >= 15 is 0 Å². The summed E-state index contributed by atoms with van der Waals surface area (Å²) < 4.78 is 0. The van der Waals surface area contributed by atoms with Crippen molar-refractivity contribution in [3.05, 3.63) is 47.5 Å². The van der Waals surface area contributed by atoms with E-state index in [0.29, 0.717) is 0 Å². The van der Waals surface area contributed by atoms with Crippen LogP contribution in [0, 0.1) is 0 Å². The van der Waals surface area contributed by atoms with Crippen LogP contribution in [0.5, 0.6) is 0 Å². The van der Waals surface area contributed by atoms with E-state index in [4.69, 9.17) is 0 Å². The van der Waals surface area contributed by atoms with Crippen molar-refractivity contribution in [2.45, 2.75) is 32.6 Å². The molecular formula is C14H18O. The molecule has 1 aromatic carbocycles. The third-order valence-corrected chi connectivity index (χ3v) is 2.63. The number of benzene rings is 1. The molecule has 1 nitrogen and oxygen atoms in total. The lowest BCUT2D eigenvalue weighted by atomic mass is 9.80. The Hall–Kier alpha value is -1.37. The first-order chi connectivity index (χ1) is 7.08. The van der Waals surface area contributed by atoms with Crippen LogP contribution in [0.25, 0.3) is 0 Å². The van der Waals surface area contributed by atoms with Gasteiger partial charge >= 0.3 is 0 Å². The minimum absolute atomic E-state index is 0.390. The Labute approximate surface area is 91.8 Å². The molecule has 0 spiro atoms. The molecule has 80 valence electrons. The van der Waals surface area contributed by atoms with Crippen molar-refractivity contribution < 1.29 is 4.79 Å². The SMILES string of the molecule is CC(C)=CCC(C)(C=O)c1ccccc1. The van der Waals surface area contributed by atoms with E-state index in [1.54, 1.807) is 0 Å². The van der Waals surface area contributed by atoms with Crippen molar-refractivity contribution in [3.8, 4) is 0 Å². The standard InChI is InChI=1S/C14H18O/c1-12(2)9-10-14(3,11-15)13-7-5-4-6-8-13/h4-9,11H,10H2,1-3H3. The second kappa shape index (κ2) is 4.92. The highest BCUT2D eigenvalue weighted by atomic mass is 16.1. The van der Waals surface area contributed by atoms with Gasteiger partial charge in [0.25, 0.3) is 0 Å². The van der Waals surface area contributed by atoms with Crippen molar-refractivity contribution in [2.24, 2.45) is 0 Å². The Kier molecular flexibility index (Phi) is 3.84. The van der Waals surface area contributed by atoms with Gasteiger partial charge in [-0.15, -0.1) is 0 Å². The van der Waals surface area contributed by atoms with Crippen LogP contribution in [-0.2, 0) is 10.2 Å². The Morgan fingerprint density at radius 1 is 1.27 bits per heavy atom. The van der Waals surface area contributed by atoms with Gasteiger partial charge < -0.3 is 4.79 Å². The van der Waals surface area contributed by atoms with E-state index in [0.717, 1.165) is 18.3 Å². The third kappa shape index (κ3) is 3.05. The minimum Gasteiger partial charge on any atom is -0.302 e. The van der Waals surface area contributed by atoms with Crippen molar-refractivity contribution in [3.63, 3.8) is 0 Å². The normalized spacial score (nSPS) is 14.1. The number of carbonyl (C=O) groups is 1. The van der Waals surface area contributed by atoms with Gasteiger partial charge in [0.1, 0.15) is 6.29 Å². The Balaban J connectivity index is 2.95. The summed E-state index contributed by atoms with van der Waals surface area (Å²) in [6, 6.07) is 9.93. The van der Waals surface area contributed by atoms with Crippen LogP contribution in [0.2, 0.25) is 0 Å². The van der Waals surface area contributed by atoms with Gasteiger partial charge in [-0.25, -0.2) is 0 Å². The van der Waals surface area contributed by atoms with E-state index < -0.39 is 5.41 Å². The van der Waals surface area contributed by atoms with Gasteiger partial charge in [-0.3, -0.25) is 0 Å². The highest BCUT2D eigenvalue weighted by Crippen LogP contribution is 2.26. The second-order valence-electron chi connectivity index (χ2n) is 4.39. The van der Waals surface area contributed by atoms with Crippen LogP contribution in [-0.4, -0.2) is 6.29 Å². The van der Waals surface area contributed by atoms with Crippen LogP contribution >= 0.6 is 0 Å². The lowest BCUT2D eigenvalue weighted by molar-refractivity contribution is -0.112. The second-order valence-corrected chi connectivity index (χ2v) is 4.39. The van der Waals surface area contributed by atoms with E-state index in [2.05, 4.69) is 19.9 Å². The van der Waals surface area contributed by atoms with Gasteiger partial charge in [0.15, 0.2) is 0 Å². The summed E-state index contributed by atoms with van der Waals surface area (Å²) in [5, 5.41) is 0. The zero-order chi connectivity index (χ0) is 11.3. The van der Waals surface area contributed by atoms with Gasteiger partial charge in [-0.05, 0) is 32.8 Å². The molecule has 1 atom stereocenters. The molecule has 0 aliphatic heterocycles. The first-order valence-electron chi connectivity index (χ1n) is 5.24. The number of hydrogen-bond donors (Lipinski definition) is 0. The fourth-order valence-electron chi connectivity index (χ4n) is 1.47. The summed E-state index contributed by atoms with van der Waals surface area (Å²) in [5.74, 6) is 0. The van der Waals surface area contributed by atoms with Crippen LogP contribution < -0.4 is 0 Å². The number of allylic oxidation sites excluding steroid dienone is 2. The van der Waals surface area contributed by atoms with E-state index in [9.17, 15) is 4.79 Å². The monoisotopic (exact) mass is 202 g/mol. The van der Waals surface area contributed by atoms with Crippen LogP contribution in [0.1, 0.15) is 32.8 Å². The molecule has 0 bridgehead atoms. The molecular weight excluding hydrogens is 184 g/mol. The van der Waals surface area contributed by atoms with Gasteiger partial charge in [-0.2, -0.15) is 0 Å². The van der Waals surface area contributed by atoms with E-state index in [-0.39, 0.29) is 0 Å². The van der Waals surface area contributed by atoms with E-state index in [1.165, 1.54) is 5.57 Å². The van der Waals surface area contributed by atoms with Crippen molar-refractivity contribution in [1.29, 1.82) is 0 Å². The van der Waals surface area contributed by atoms with Gasteiger partial charge in [0, 0.05) is 0 Å². The summed E-state index contributed by atoms with van der Waals surface area (Å²) >= 11 is 0. The topological polar surface area (TPSA) is 17.1 Å². The number of aldehydes is 1. The Bertz CT molecular complexity index is 347. The molecule has 1 rings (SSSR count). The van der Waals surface area contributed by atoms with Crippen LogP contribution in [0.4, 0.5) is 0 Å². The quantitative estimate of drug-likeness (QED) is 0.539. The summed E-state index contributed by atoms with van der Waals surface area (Å²) in [6.07, 6.45) is 3.92. The molecule has 0 radical (unpaired) electrons. The highest BCUT2D eigenvalue weighted by Gasteiger charge is 2.24. The minimum atomic E-state index is -0.390. The number of hydrogen-bond acceptors (Lipinski definition) is 1. The van der Waals surface area contributed by atoms with Gasteiger partial charge in [0.2, 0.25) is 0 Å². The summed E-state index contributed by atoms with van der Waals surface area (Å²) in [4.78, 5) is 11.2. The summed E-state index contributed by atoms with van der Waals surface area (Å²) in [7, 11) is 0. The number of rotatable bonds is 4. The molecule has 15 heavy (non-hydrogen) atoms. The first kappa shape index (κ1) is 11.7. The molecule has 0 aromatic heterocycles. The highest BCUT2D eigenvalue weighted by molar-refractivity contribution is 5.68. The maximum absolute atomic E-state index is 11.2. The Morgan fingerprint density at radius 3 is 2.33 bits per heavy atom. The summed E-state index contributed by atoms with van der Waals surface area (Å²) in [5.41, 5.74) is 1.94. The van der Waals surface area contributed by atoms with Crippen molar-refractivity contribution >= 4 is 6.29 Å². The predicted molar refractivity (Wildman–Crippen MR) is 63.9 cm³/mol. The zero-order valence-electron chi connectivity index (χ0n) is 9.66. The molecule has 1 heteroatoms. The molecule has 0 aliphatic rings. The lowest BCUT2D eigenvalue weighted by Crippen LogP contribution is -2.22. The molecule has 1 unspecified atom stereocenters. The first-order valence-corrected chi connectivity index (χ1v) is 5.24. The maximum Gasteiger partial charge on any atom is 0.130 e. The fourth-order valence-corrected chi connectivity index (χ4v) is 1.47. The average molecular weight is 202 g/mol. The summed E-state index contributed by atoms with van der Waals surface area (Å²) in [6.45, 7) is 6.08. The molecule has 0 aliphatic carbocycles. The van der Waals surface area contributed by atoms with Crippen molar-refractivity contribution in [2.75, 3.05) is 0 Å². The zero-order valence-corrected chi connectivity index (χ0v) is 9.66. The van der Waals surface area contributed by atoms with Crippen molar-refractivity contribution in [1.82, 2.24) is 0 Å². The Morgan fingerprint density at radius 2 is 1.87 bits per heavy atom. The largest absolute Gasteiger partial charge is 0.302 e. The lowest BCUT2D eigenvalue weighted by Gasteiger charge is -2.22.